The monoisotopic (exact) mass is 294 g/mol. The third-order valence-electron chi connectivity index (χ3n) is 3.72. The molecule has 0 aromatic heterocycles. The van der Waals surface area contributed by atoms with Gasteiger partial charge in [-0.1, -0.05) is 6.07 Å². The molecule has 0 bridgehead atoms. The number of nitrogens with zero attached hydrogens (tertiary/aromatic N) is 2. The standard InChI is InChI=1S/C17H14N2O3/c1-21-15-6-5-13(8-16(15)22-2)19-10-12-4-3-11(9-18)7-14(12)17(19)20/h3-8H,10H2,1-2H3. The quantitative estimate of drug-likeness (QED) is 0.873. The molecule has 0 spiro atoms. The zero-order chi connectivity index (χ0) is 15.7. The number of methoxy groups -OCH3 is 2. The molecule has 2 aromatic rings. The van der Waals surface area contributed by atoms with Crippen LogP contribution in [0.5, 0.6) is 11.5 Å². The van der Waals surface area contributed by atoms with E-state index in [2.05, 4.69) is 6.07 Å². The second kappa shape index (κ2) is 5.41. The van der Waals surface area contributed by atoms with Gasteiger partial charge < -0.3 is 14.4 Å². The Bertz CT molecular complexity index is 793. The van der Waals surface area contributed by atoms with E-state index in [0.717, 1.165) is 11.3 Å². The van der Waals surface area contributed by atoms with Crippen molar-refractivity contribution >= 4 is 11.6 Å². The summed E-state index contributed by atoms with van der Waals surface area (Å²) < 4.78 is 10.5. The maximum atomic E-state index is 12.6. The summed E-state index contributed by atoms with van der Waals surface area (Å²) in [6, 6.07) is 12.6. The highest BCUT2D eigenvalue weighted by Crippen LogP contribution is 2.35. The van der Waals surface area contributed by atoms with Crippen molar-refractivity contribution in [2.24, 2.45) is 0 Å². The molecular weight excluding hydrogens is 280 g/mol. The molecule has 1 heterocycles. The average molecular weight is 294 g/mol. The normalized spacial score (nSPS) is 12.8. The van der Waals surface area contributed by atoms with E-state index in [4.69, 9.17) is 14.7 Å². The van der Waals surface area contributed by atoms with Crippen LogP contribution in [0.4, 0.5) is 5.69 Å². The topological polar surface area (TPSA) is 62.6 Å². The van der Waals surface area contributed by atoms with E-state index in [1.807, 2.05) is 12.1 Å². The van der Waals surface area contributed by atoms with Gasteiger partial charge in [0.05, 0.1) is 32.4 Å². The molecule has 0 unspecified atom stereocenters. The van der Waals surface area contributed by atoms with Gasteiger partial charge in [0, 0.05) is 17.3 Å². The number of hydrogen-bond donors (Lipinski definition) is 0. The summed E-state index contributed by atoms with van der Waals surface area (Å²) in [6.45, 7) is 0.482. The maximum absolute atomic E-state index is 12.6. The number of fused-ring (bicyclic) bond motifs is 1. The molecule has 0 saturated heterocycles. The third-order valence-corrected chi connectivity index (χ3v) is 3.72. The van der Waals surface area contributed by atoms with Crippen LogP contribution < -0.4 is 14.4 Å². The molecule has 110 valence electrons. The number of hydrogen-bond acceptors (Lipinski definition) is 4. The van der Waals surface area contributed by atoms with Crippen molar-refractivity contribution in [2.75, 3.05) is 19.1 Å². The van der Waals surface area contributed by atoms with E-state index < -0.39 is 0 Å². The van der Waals surface area contributed by atoms with Crippen molar-refractivity contribution < 1.29 is 14.3 Å². The molecule has 0 aliphatic carbocycles. The Hall–Kier alpha value is -3.00. The van der Waals surface area contributed by atoms with Gasteiger partial charge in [-0.15, -0.1) is 0 Å². The van der Waals surface area contributed by atoms with Crippen molar-refractivity contribution in [3.8, 4) is 17.6 Å². The lowest BCUT2D eigenvalue weighted by molar-refractivity contribution is 0.0996. The zero-order valence-corrected chi connectivity index (χ0v) is 12.3. The van der Waals surface area contributed by atoms with E-state index in [-0.39, 0.29) is 5.91 Å². The van der Waals surface area contributed by atoms with Crippen LogP contribution in [-0.4, -0.2) is 20.1 Å². The lowest BCUT2D eigenvalue weighted by Gasteiger charge is -2.17. The molecule has 1 amide bonds. The Kier molecular flexibility index (Phi) is 3.43. The molecule has 1 aliphatic heterocycles. The summed E-state index contributed by atoms with van der Waals surface area (Å²) in [5.74, 6) is 1.07. The van der Waals surface area contributed by atoms with Gasteiger partial charge in [-0.25, -0.2) is 0 Å². The van der Waals surface area contributed by atoms with Gasteiger partial charge in [0.2, 0.25) is 0 Å². The lowest BCUT2D eigenvalue weighted by atomic mass is 10.1. The first-order chi connectivity index (χ1) is 10.7. The molecule has 0 fully saturated rings. The van der Waals surface area contributed by atoms with Crippen molar-refractivity contribution in [1.82, 2.24) is 0 Å². The number of carbonyl (C=O) groups excluding carboxylic acids is 1. The minimum Gasteiger partial charge on any atom is -0.493 e. The van der Waals surface area contributed by atoms with Crippen molar-refractivity contribution in [3.63, 3.8) is 0 Å². The van der Waals surface area contributed by atoms with Crippen molar-refractivity contribution in [2.45, 2.75) is 6.54 Å². The molecule has 0 saturated carbocycles. The van der Waals surface area contributed by atoms with E-state index in [9.17, 15) is 4.79 Å². The number of amides is 1. The number of benzene rings is 2. The van der Waals surface area contributed by atoms with Gasteiger partial charge >= 0.3 is 0 Å². The van der Waals surface area contributed by atoms with Crippen LogP contribution in [-0.2, 0) is 6.54 Å². The number of ether oxygens (including phenoxy) is 2. The van der Waals surface area contributed by atoms with Crippen LogP contribution in [0.1, 0.15) is 21.5 Å². The Morgan fingerprint density at radius 1 is 1.09 bits per heavy atom. The summed E-state index contributed by atoms with van der Waals surface area (Å²) in [5.41, 5.74) is 2.71. The Morgan fingerprint density at radius 2 is 1.86 bits per heavy atom. The van der Waals surface area contributed by atoms with Crippen LogP contribution >= 0.6 is 0 Å². The molecule has 3 rings (SSSR count). The van der Waals surface area contributed by atoms with Crippen LogP contribution in [0.2, 0.25) is 0 Å². The van der Waals surface area contributed by atoms with E-state index in [1.165, 1.54) is 0 Å². The summed E-state index contributed by atoms with van der Waals surface area (Å²) >= 11 is 0. The molecule has 22 heavy (non-hydrogen) atoms. The second-order valence-corrected chi connectivity index (χ2v) is 4.91. The molecular formula is C17H14N2O3. The van der Waals surface area contributed by atoms with Gasteiger partial charge in [-0.3, -0.25) is 4.79 Å². The van der Waals surface area contributed by atoms with E-state index in [1.54, 1.807) is 43.4 Å². The fourth-order valence-electron chi connectivity index (χ4n) is 2.57. The van der Waals surface area contributed by atoms with E-state index in [0.29, 0.717) is 29.2 Å². The molecule has 5 heteroatoms. The fraction of sp³-hybridized carbons (Fsp3) is 0.176. The van der Waals surface area contributed by atoms with Crippen molar-refractivity contribution in [1.29, 1.82) is 5.26 Å². The minimum atomic E-state index is -0.112. The van der Waals surface area contributed by atoms with E-state index >= 15 is 0 Å². The van der Waals surface area contributed by atoms with Crippen LogP contribution in [0.15, 0.2) is 36.4 Å². The van der Waals surface area contributed by atoms with Gasteiger partial charge in [0.15, 0.2) is 11.5 Å². The molecule has 5 nitrogen and oxygen atoms in total. The number of anilines is 1. The minimum absolute atomic E-state index is 0.112. The zero-order valence-electron chi connectivity index (χ0n) is 12.3. The van der Waals surface area contributed by atoms with Gasteiger partial charge in [0.1, 0.15) is 0 Å². The van der Waals surface area contributed by atoms with Gasteiger partial charge in [-0.05, 0) is 29.8 Å². The summed E-state index contributed by atoms with van der Waals surface area (Å²) in [4.78, 5) is 14.2. The Labute approximate surface area is 128 Å². The van der Waals surface area contributed by atoms with Gasteiger partial charge in [0.25, 0.3) is 5.91 Å². The first kappa shape index (κ1) is 14.0. The second-order valence-electron chi connectivity index (χ2n) is 4.91. The molecule has 2 aromatic carbocycles. The van der Waals surface area contributed by atoms with Crippen LogP contribution in [0.25, 0.3) is 0 Å². The van der Waals surface area contributed by atoms with Crippen LogP contribution in [0.3, 0.4) is 0 Å². The Balaban J connectivity index is 1.98. The average Bonchev–Trinajstić information content (AvgIpc) is 2.90. The lowest BCUT2D eigenvalue weighted by Crippen LogP contribution is -2.23. The third kappa shape index (κ3) is 2.15. The number of carbonyl (C=O) groups is 1. The van der Waals surface area contributed by atoms with Gasteiger partial charge in [-0.2, -0.15) is 5.26 Å². The highest BCUT2D eigenvalue weighted by atomic mass is 16.5. The first-order valence-corrected chi connectivity index (χ1v) is 6.75. The SMILES string of the molecule is COc1ccc(N2Cc3ccc(C#N)cc3C2=O)cc1OC. The molecule has 0 N–H and O–H groups in total. The summed E-state index contributed by atoms with van der Waals surface area (Å²) in [7, 11) is 3.12. The summed E-state index contributed by atoms with van der Waals surface area (Å²) in [6.07, 6.45) is 0. The Morgan fingerprint density at radius 3 is 2.55 bits per heavy atom. The summed E-state index contributed by atoms with van der Waals surface area (Å²) in [5, 5.41) is 8.96. The largest absolute Gasteiger partial charge is 0.493 e. The molecule has 0 radical (unpaired) electrons. The highest BCUT2D eigenvalue weighted by Gasteiger charge is 2.29. The number of rotatable bonds is 3. The number of nitriles is 1. The van der Waals surface area contributed by atoms with Crippen molar-refractivity contribution in [3.05, 3.63) is 53.1 Å². The predicted molar refractivity (Wildman–Crippen MR) is 81.2 cm³/mol. The predicted octanol–water partition coefficient (Wildman–Crippen LogP) is 2.74. The maximum Gasteiger partial charge on any atom is 0.258 e. The smallest absolute Gasteiger partial charge is 0.258 e. The highest BCUT2D eigenvalue weighted by molar-refractivity contribution is 6.10. The fourth-order valence-corrected chi connectivity index (χ4v) is 2.57. The van der Waals surface area contributed by atoms with Crippen LogP contribution in [0, 0.1) is 11.3 Å². The molecule has 1 aliphatic rings. The first-order valence-electron chi connectivity index (χ1n) is 6.75. The molecule has 0 atom stereocenters.